The smallest absolute Gasteiger partial charge is 0.251 e. The lowest BCUT2D eigenvalue weighted by Gasteiger charge is -2.31. The maximum Gasteiger partial charge on any atom is 0.251 e. The van der Waals surface area contributed by atoms with Gasteiger partial charge in [0.1, 0.15) is 5.75 Å². The van der Waals surface area contributed by atoms with E-state index < -0.39 is 0 Å². The molecule has 0 aliphatic carbocycles. The summed E-state index contributed by atoms with van der Waals surface area (Å²) in [5.41, 5.74) is 8.32. The highest BCUT2D eigenvalue weighted by atomic mass is 16.5. The van der Waals surface area contributed by atoms with E-state index in [1.807, 2.05) is 43.3 Å². The Morgan fingerprint density at radius 1 is 0.933 bits per heavy atom. The van der Waals surface area contributed by atoms with Crippen molar-refractivity contribution in [3.05, 3.63) is 119 Å². The van der Waals surface area contributed by atoms with E-state index in [0.29, 0.717) is 19.1 Å². The van der Waals surface area contributed by atoms with Crippen molar-refractivity contribution >= 4 is 23.4 Å². The number of carbonyl (C=O) groups is 1. The molecule has 6 nitrogen and oxygen atoms in total. The van der Waals surface area contributed by atoms with E-state index >= 15 is 0 Å². The predicted molar refractivity (Wildman–Crippen MR) is 184 cm³/mol. The van der Waals surface area contributed by atoms with Crippen molar-refractivity contribution in [3.63, 3.8) is 0 Å². The van der Waals surface area contributed by atoms with Gasteiger partial charge in [0.2, 0.25) is 0 Å². The van der Waals surface area contributed by atoms with Gasteiger partial charge in [-0.1, -0.05) is 66.7 Å². The molecule has 232 valence electrons. The van der Waals surface area contributed by atoms with Crippen LogP contribution in [0.1, 0.15) is 42.9 Å². The van der Waals surface area contributed by atoms with Crippen molar-refractivity contribution in [1.29, 1.82) is 0 Å². The van der Waals surface area contributed by atoms with Crippen LogP contribution < -0.4 is 15.0 Å². The standard InChI is InChI=1S/C39H43N3O3/c1-3-45-38-12-8-7-11-36(38)31-15-18-37-33(25-31)26-32(19-22-42(37)28-29-9-5-4-6-10-29)39(43)40-34-16-13-30(14-17-34)27-41(2)35-20-23-44-24-21-35/h4-18,25-26,35H,3,19-24,27-28H2,1-2H3,(H,40,43). The maximum atomic E-state index is 13.7. The molecule has 0 saturated carbocycles. The summed E-state index contributed by atoms with van der Waals surface area (Å²) in [6.45, 7) is 6.68. The summed E-state index contributed by atoms with van der Waals surface area (Å²) >= 11 is 0. The summed E-state index contributed by atoms with van der Waals surface area (Å²) in [4.78, 5) is 18.5. The first kappa shape index (κ1) is 30.6. The number of para-hydroxylation sites is 1. The molecule has 4 aromatic carbocycles. The van der Waals surface area contributed by atoms with Gasteiger partial charge in [0, 0.05) is 61.4 Å². The minimum atomic E-state index is -0.0605. The molecule has 2 aliphatic heterocycles. The fourth-order valence-corrected chi connectivity index (χ4v) is 6.34. The van der Waals surface area contributed by atoms with Crippen LogP contribution >= 0.6 is 0 Å². The van der Waals surface area contributed by atoms with Gasteiger partial charge in [-0.25, -0.2) is 0 Å². The van der Waals surface area contributed by atoms with E-state index in [1.54, 1.807) is 0 Å². The highest BCUT2D eigenvalue weighted by molar-refractivity contribution is 6.07. The Morgan fingerprint density at radius 2 is 1.69 bits per heavy atom. The summed E-state index contributed by atoms with van der Waals surface area (Å²) in [7, 11) is 2.18. The number of amides is 1. The van der Waals surface area contributed by atoms with Gasteiger partial charge in [-0.05, 0) is 91.9 Å². The Hall–Kier alpha value is -4.39. The van der Waals surface area contributed by atoms with E-state index in [9.17, 15) is 4.79 Å². The predicted octanol–water partition coefficient (Wildman–Crippen LogP) is 7.80. The fraction of sp³-hybridized carbons (Fsp3) is 0.308. The molecule has 0 radical (unpaired) electrons. The molecule has 1 fully saturated rings. The monoisotopic (exact) mass is 601 g/mol. The molecule has 1 saturated heterocycles. The topological polar surface area (TPSA) is 54.0 Å². The maximum absolute atomic E-state index is 13.7. The summed E-state index contributed by atoms with van der Waals surface area (Å²) in [5, 5.41) is 3.17. The first-order chi connectivity index (χ1) is 22.1. The van der Waals surface area contributed by atoms with Gasteiger partial charge in [0.05, 0.1) is 6.61 Å². The number of hydrogen-bond donors (Lipinski definition) is 1. The number of fused-ring (bicyclic) bond motifs is 1. The van der Waals surface area contributed by atoms with Crippen LogP contribution in [-0.4, -0.2) is 50.3 Å². The highest BCUT2D eigenvalue weighted by Gasteiger charge is 2.22. The Kier molecular flexibility index (Phi) is 9.93. The normalized spacial score (nSPS) is 15.3. The molecule has 2 aliphatic rings. The van der Waals surface area contributed by atoms with Gasteiger partial charge in [-0.2, -0.15) is 0 Å². The van der Waals surface area contributed by atoms with Crippen molar-refractivity contribution < 1.29 is 14.3 Å². The van der Waals surface area contributed by atoms with Crippen molar-refractivity contribution in [1.82, 2.24) is 4.90 Å². The molecule has 6 rings (SSSR count). The van der Waals surface area contributed by atoms with Gasteiger partial charge in [-0.15, -0.1) is 0 Å². The van der Waals surface area contributed by atoms with Crippen LogP contribution in [0.3, 0.4) is 0 Å². The van der Waals surface area contributed by atoms with Crippen LogP contribution in [0.15, 0.2) is 103 Å². The molecule has 45 heavy (non-hydrogen) atoms. The quantitative estimate of drug-likeness (QED) is 0.201. The molecule has 0 atom stereocenters. The molecule has 0 spiro atoms. The second-order valence-corrected chi connectivity index (χ2v) is 11.9. The van der Waals surface area contributed by atoms with Crippen LogP contribution in [0.5, 0.6) is 5.75 Å². The molecule has 1 N–H and O–H groups in total. The second-order valence-electron chi connectivity index (χ2n) is 11.9. The van der Waals surface area contributed by atoms with Gasteiger partial charge in [0.15, 0.2) is 0 Å². The number of nitrogens with zero attached hydrogens (tertiary/aromatic N) is 2. The molecule has 6 heteroatoms. The average molecular weight is 602 g/mol. The van der Waals surface area contributed by atoms with Crippen molar-refractivity contribution in [2.45, 2.75) is 45.3 Å². The lowest BCUT2D eigenvalue weighted by atomic mass is 9.99. The van der Waals surface area contributed by atoms with E-state index in [4.69, 9.17) is 9.47 Å². The van der Waals surface area contributed by atoms with E-state index in [0.717, 1.165) is 85.1 Å². The third-order valence-electron chi connectivity index (χ3n) is 8.81. The number of ether oxygens (including phenoxy) is 2. The van der Waals surface area contributed by atoms with Gasteiger partial charge < -0.3 is 19.7 Å². The Bertz CT molecular complexity index is 1610. The number of nitrogens with one attached hydrogen (secondary N) is 1. The third kappa shape index (κ3) is 7.64. The Balaban J connectivity index is 1.23. The van der Waals surface area contributed by atoms with Crippen LogP contribution in [0.4, 0.5) is 11.4 Å². The average Bonchev–Trinajstić information content (AvgIpc) is 3.26. The van der Waals surface area contributed by atoms with Crippen LogP contribution in [0.2, 0.25) is 0 Å². The summed E-state index contributed by atoms with van der Waals surface area (Å²) < 4.78 is 11.5. The van der Waals surface area contributed by atoms with Crippen LogP contribution in [0.25, 0.3) is 17.2 Å². The summed E-state index contributed by atoms with van der Waals surface area (Å²) in [5.74, 6) is 0.800. The number of carbonyl (C=O) groups excluding carboxylic acids is 1. The lowest BCUT2D eigenvalue weighted by molar-refractivity contribution is -0.112. The lowest BCUT2D eigenvalue weighted by Crippen LogP contribution is -2.36. The molecule has 0 unspecified atom stereocenters. The van der Waals surface area contributed by atoms with E-state index in [-0.39, 0.29) is 5.91 Å². The van der Waals surface area contributed by atoms with E-state index in [2.05, 4.69) is 88.9 Å². The largest absolute Gasteiger partial charge is 0.493 e. The molecule has 2 heterocycles. The number of anilines is 2. The van der Waals surface area contributed by atoms with Crippen molar-refractivity contribution in [2.24, 2.45) is 0 Å². The minimum absolute atomic E-state index is 0.0605. The zero-order chi connectivity index (χ0) is 31.0. The molecular formula is C39H43N3O3. The van der Waals surface area contributed by atoms with Crippen LogP contribution in [-0.2, 0) is 22.6 Å². The highest BCUT2D eigenvalue weighted by Crippen LogP contribution is 2.36. The van der Waals surface area contributed by atoms with Crippen molar-refractivity contribution in [2.75, 3.05) is 43.6 Å². The SMILES string of the molecule is CCOc1ccccc1-c1ccc2c(c1)C=C(C(=O)Nc1ccc(CN(C)C3CCOCC3)cc1)CCN2Cc1ccccc1. The molecule has 4 aromatic rings. The number of hydrogen-bond acceptors (Lipinski definition) is 5. The van der Waals surface area contributed by atoms with Gasteiger partial charge in [-0.3, -0.25) is 9.69 Å². The van der Waals surface area contributed by atoms with Gasteiger partial charge in [0.25, 0.3) is 5.91 Å². The molecule has 1 amide bonds. The molecule has 0 bridgehead atoms. The number of benzene rings is 4. The first-order valence-electron chi connectivity index (χ1n) is 16.1. The van der Waals surface area contributed by atoms with Crippen LogP contribution in [0, 0.1) is 0 Å². The van der Waals surface area contributed by atoms with Gasteiger partial charge >= 0.3 is 0 Å². The van der Waals surface area contributed by atoms with Crippen molar-refractivity contribution in [3.8, 4) is 16.9 Å². The Labute approximate surface area is 267 Å². The minimum Gasteiger partial charge on any atom is -0.493 e. The summed E-state index contributed by atoms with van der Waals surface area (Å²) in [6, 6.07) is 34.0. The molecular weight excluding hydrogens is 558 g/mol. The fourth-order valence-electron chi connectivity index (χ4n) is 6.34. The number of rotatable bonds is 10. The zero-order valence-corrected chi connectivity index (χ0v) is 26.4. The van der Waals surface area contributed by atoms with E-state index in [1.165, 1.54) is 11.1 Å². The summed E-state index contributed by atoms with van der Waals surface area (Å²) in [6.07, 6.45) is 4.87. The Morgan fingerprint density at radius 3 is 2.47 bits per heavy atom. The zero-order valence-electron chi connectivity index (χ0n) is 26.4. The molecule has 0 aromatic heterocycles. The first-order valence-corrected chi connectivity index (χ1v) is 16.1. The third-order valence-corrected chi connectivity index (χ3v) is 8.81. The second kappa shape index (κ2) is 14.6.